The minimum Gasteiger partial charge on any atom is -0.408 e. The minimum absolute atomic E-state index is 0.00320. The molecule has 1 fully saturated rings. The molecule has 4 aromatic rings. The maximum absolute atomic E-state index is 12.8. The third kappa shape index (κ3) is 3.37. The number of nitrogens with zero attached hydrogens (tertiary/aromatic N) is 4. The monoisotopic (exact) mass is 422 g/mol. The molecule has 8 heteroatoms. The zero-order valence-electron chi connectivity index (χ0n) is 16.7. The highest BCUT2D eigenvalue weighted by Gasteiger charge is 2.24. The lowest BCUT2D eigenvalue weighted by molar-refractivity contribution is -0.132. The zero-order chi connectivity index (χ0) is 20.7. The Morgan fingerprint density at radius 3 is 2.73 bits per heavy atom. The van der Waals surface area contributed by atoms with Crippen molar-refractivity contribution in [3.63, 3.8) is 0 Å². The van der Waals surface area contributed by atoms with Crippen LogP contribution in [-0.4, -0.2) is 46.5 Å². The second-order valence-corrected chi connectivity index (χ2v) is 8.45. The molecule has 0 N–H and O–H groups in total. The first-order valence-corrected chi connectivity index (χ1v) is 10.9. The second-order valence-electron chi connectivity index (χ2n) is 7.44. The van der Waals surface area contributed by atoms with E-state index in [0.29, 0.717) is 24.2 Å². The Morgan fingerprint density at radius 1 is 1.13 bits per heavy atom. The molecule has 0 unspecified atom stereocenters. The Kier molecular flexibility index (Phi) is 4.78. The van der Waals surface area contributed by atoms with Crippen molar-refractivity contribution in [3.05, 3.63) is 58.6 Å². The van der Waals surface area contributed by atoms with Crippen LogP contribution < -0.4 is 10.7 Å². The summed E-state index contributed by atoms with van der Waals surface area (Å²) in [4.78, 5) is 33.8. The summed E-state index contributed by atoms with van der Waals surface area (Å²) >= 11 is 1.70. The van der Waals surface area contributed by atoms with Gasteiger partial charge in [0.25, 0.3) is 0 Å². The van der Waals surface area contributed by atoms with Gasteiger partial charge in [0.15, 0.2) is 10.7 Å². The van der Waals surface area contributed by atoms with Crippen molar-refractivity contribution in [1.29, 1.82) is 0 Å². The molecule has 2 aromatic heterocycles. The second kappa shape index (κ2) is 7.60. The lowest BCUT2D eigenvalue weighted by Crippen LogP contribution is -2.50. The zero-order valence-corrected chi connectivity index (χ0v) is 17.5. The summed E-state index contributed by atoms with van der Waals surface area (Å²) in [6.45, 7) is 4.83. The number of carbonyl (C=O) groups excluding carboxylic acids is 1. The molecule has 154 valence electrons. The molecule has 1 amide bonds. The standard InChI is InChI=1S/C22H22N4O3S/c1-2-15-7-8-16-19(13-15)30-21(23-16)25-11-9-24(10-12-25)20(27)14-26-17-5-3-4-6-18(17)29-22(26)28/h3-8,13H,2,9-12,14H2,1H3. The lowest BCUT2D eigenvalue weighted by Gasteiger charge is -2.34. The number of oxazole rings is 1. The van der Waals surface area contributed by atoms with E-state index in [1.165, 1.54) is 14.8 Å². The predicted molar refractivity (Wildman–Crippen MR) is 118 cm³/mol. The number of benzene rings is 2. The van der Waals surface area contributed by atoms with Crippen molar-refractivity contribution in [3.8, 4) is 0 Å². The van der Waals surface area contributed by atoms with E-state index in [2.05, 4.69) is 30.0 Å². The van der Waals surface area contributed by atoms with E-state index in [-0.39, 0.29) is 12.5 Å². The summed E-state index contributed by atoms with van der Waals surface area (Å²) in [5.74, 6) is -0.565. The Balaban J connectivity index is 1.27. The Hall–Kier alpha value is -3.13. The van der Waals surface area contributed by atoms with Crippen LogP contribution in [0.15, 0.2) is 51.7 Å². The molecule has 2 aromatic carbocycles. The fourth-order valence-corrected chi connectivity index (χ4v) is 4.94. The van der Waals surface area contributed by atoms with Crippen molar-refractivity contribution in [1.82, 2.24) is 14.5 Å². The summed E-state index contributed by atoms with van der Waals surface area (Å²) in [5, 5.41) is 1.00. The molecule has 7 nitrogen and oxygen atoms in total. The number of aromatic nitrogens is 2. The fourth-order valence-electron chi connectivity index (χ4n) is 3.86. The van der Waals surface area contributed by atoms with E-state index in [1.54, 1.807) is 23.5 Å². The molecule has 0 atom stereocenters. The SMILES string of the molecule is CCc1ccc2nc(N3CCN(C(=O)Cn4c(=O)oc5ccccc54)CC3)sc2c1. The molecule has 5 rings (SSSR count). The first-order valence-electron chi connectivity index (χ1n) is 10.1. The van der Waals surface area contributed by atoms with Crippen molar-refractivity contribution in [2.24, 2.45) is 0 Å². The van der Waals surface area contributed by atoms with Gasteiger partial charge in [-0.05, 0) is 36.2 Å². The molecule has 3 heterocycles. The molecular weight excluding hydrogens is 400 g/mol. The van der Waals surface area contributed by atoms with Gasteiger partial charge in [-0.3, -0.25) is 9.36 Å². The van der Waals surface area contributed by atoms with Gasteiger partial charge in [0.05, 0.1) is 15.7 Å². The smallest absolute Gasteiger partial charge is 0.408 e. The number of carbonyl (C=O) groups is 1. The van der Waals surface area contributed by atoms with Crippen LogP contribution in [0.3, 0.4) is 0 Å². The number of amides is 1. The maximum atomic E-state index is 12.8. The highest BCUT2D eigenvalue weighted by molar-refractivity contribution is 7.22. The maximum Gasteiger partial charge on any atom is 0.420 e. The number of fused-ring (bicyclic) bond motifs is 2. The first-order chi connectivity index (χ1) is 14.6. The van der Waals surface area contributed by atoms with E-state index in [1.807, 2.05) is 17.0 Å². The van der Waals surface area contributed by atoms with E-state index in [0.717, 1.165) is 30.2 Å². The third-order valence-corrected chi connectivity index (χ3v) is 6.70. The molecule has 1 saturated heterocycles. The van der Waals surface area contributed by atoms with Crippen LogP contribution in [-0.2, 0) is 17.8 Å². The average Bonchev–Trinajstić information content (AvgIpc) is 3.34. The van der Waals surface area contributed by atoms with Crippen LogP contribution >= 0.6 is 11.3 Å². The number of piperazine rings is 1. The minimum atomic E-state index is -0.496. The van der Waals surface area contributed by atoms with Gasteiger partial charge in [-0.1, -0.05) is 36.5 Å². The van der Waals surface area contributed by atoms with Gasteiger partial charge in [0, 0.05) is 26.2 Å². The number of aryl methyl sites for hydroxylation is 1. The number of hydrogen-bond donors (Lipinski definition) is 0. The molecule has 0 aliphatic carbocycles. The number of anilines is 1. The number of hydrogen-bond acceptors (Lipinski definition) is 6. The Labute approximate surface area is 177 Å². The number of para-hydroxylation sites is 2. The molecule has 1 aliphatic rings. The van der Waals surface area contributed by atoms with Gasteiger partial charge in [0.2, 0.25) is 5.91 Å². The fraction of sp³-hybridized carbons (Fsp3) is 0.318. The van der Waals surface area contributed by atoms with Crippen molar-refractivity contribution in [2.45, 2.75) is 19.9 Å². The topological polar surface area (TPSA) is 71.6 Å². The third-order valence-electron chi connectivity index (χ3n) is 5.62. The van der Waals surface area contributed by atoms with E-state index in [9.17, 15) is 9.59 Å². The van der Waals surface area contributed by atoms with Gasteiger partial charge < -0.3 is 14.2 Å². The molecule has 0 spiro atoms. The quantitative estimate of drug-likeness (QED) is 0.505. The molecular formula is C22H22N4O3S. The molecule has 0 bridgehead atoms. The van der Waals surface area contributed by atoms with Gasteiger partial charge in [0.1, 0.15) is 6.54 Å². The number of thiazole rings is 1. The summed E-state index contributed by atoms with van der Waals surface area (Å²) in [7, 11) is 0. The highest BCUT2D eigenvalue weighted by atomic mass is 32.1. The van der Waals surface area contributed by atoms with Crippen LogP contribution in [0.5, 0.6) is 0 Å². The van der Waals surface area contributed by atoms with Crippen LogP contribution in [0.1, 0.15) is 12.5 Å². The van der Waals surface area contributed by atoms with Crippen LogP contribution in [0.2, 0.25) is 0 Å². The van der Waals surface area contributed by atoms with Crippen LogP contribution in [0.4, 0.5) is 5.13 Å². The van der Waals surface area contributed by atoms with Gasteiger partial charge >= 0.3 is 5.76 Å². The Bertz CT molecular complexity index is 1280. The van der Waals surface area contributed by atoms with Crippen molar-refractivity contribution >= 4 is 43.7 Å². The largest absolute Gasteiger partial charge is 0.420 e. The van der Waals surface area contributed by atoms with Gasteiger partial charge in [-0.15, -0.1) is 0 Å². The Morgan fingerprint density at radius 2 is 1.93 bits per heavy atom. The molecule has 30 heavy (non-hydrogen) atoms. The summed E-state index contributed by atoms with van der Waals surface area (Å²) in [6.07, 6.45) is 1.01. The highest BCUT2D eigenvalue weighted by Crippen LogP contribution is 2.30. The normalized spacial score (nSPS) is 14.7. The molecule has 0 saturated carbocycles. The average molecular weight is 423 g/mol. The molecule has 0 radical (unpaired) electrons. The van der Waals surface area contributed by atoms with E-state index in [4.69, 9.17) is 9.40 Å². The lowest BCUT2D eigenvalue weighted by atomic mass is 10.2. The summed E-state index contributed by atoms with van der Waals surface area (Å²) in [6, 6.07) is 13.6. The van der Waals surface area contributed by atoms with Gasteiger partial charge in [-0.2, -0.15) is 0 Å². The number of rotatable bonds is 4. The first kappa shape index (κ1) is 18.9. The summed E-state index contributed by atoms with van der Waals surface area (Å²) < 4.78 is 7.84. The van der Waals surface area contributed by atoms with Crippen LogP contribution in [0, 0.1) is 0 Å². The van der Waals surface area contributed by atoms with Crippen LogP contribution in [0.25, 0.3) is 21.3 Å². The molecule has 1 aliphatic heterocycles. The van der Waals surface area contributed by atoms with E-state index >= 15 is 0 Å². The summed E-state index contributed by atoms with van der Waals surface area (Å²) in [5.41, 5.74) is 3.49. The predicted octanol–water partition coefficient (Wildman–Crippen LogP) is 3.12. The van der Waals surface area contributed by atoms with Crippen molar-refractivity contribution in [2.75, 3.05) is 31.1 Å². The van der Waals surface area contributed by atoms with Crippen molar-refractivity contribution < 1.29 is 9.21 Å². The van der Waals surface area contributed by atoms with E-state index < -0.39 is 5.76 Å². The van der Waals surface area contributed by atoms with Gasteiger partial charge in [-0.25, -0.2) is 9.78 Å².